The molecule has 0 spiro atoms. The molecule has 0 aliphatic rings. The molecule has 1 unspecified atom stereocenters. The third kappa shape index (κ3) is 12.8. The van der Waals surface area contributed by atoms with E-state index in [4.69, 9.17) is 17.3 Å². The van der Waals surface area contributed by atoms with Crippen LogP contribution >= 0.6 is 29.1 Å². The van der Waals surface area contributed by atoms with Crippen LogP contribution in [0.15, 0.2) is 0 Å². The Labute approximate surface area is 131 Å². The summed E-state index contributed by atoms with van der Waals surface area (Å²) in [7, 11) is 0. The number of hydrogen-bond acceptors (Lipinski definition) is 3. The number of halogens is 1. The molecule has 0 fully saturated rings. The second-order valence-corrected chi connectivity index (χ2v) is 8.22. The lowest BCUT2D eigenvalue weighted by Gasteiger charge is -2.20. The van der Waals surface area contributed by atoms with E-state index in [0.717, 1.165) is 19.4 Å². The van der Waals surface area contributed by atoms with Crippen molar-refractivity contribution in [1.82, 2.24) is 26.1 Å². The van der Waals surface area contributed by atoms with E-state index in [-0.39, 0.29) is 17.3 Å². The molecule has 11 heteroatoms. The summed E-state index contributed by atoms with van der Waals surface area (Å²) in [6.45, 7) is 0.766. The highest BCUT2D eigenvalue weighted by molar-refractivity contribution is 14.1. The summed E-state index contributed by atoms with van der Waals surface area (Å²) in [5.74, 6) is 0. The van der Waals surface area contributed by atoms with Gasteiger partial charge in [0.15, 0.2) is 0 Å². The summed E-state index contributed by atoms with van der Waals surface area (Å²) in [5.41, 5.74) is 5.86. The maximum absolute atomic E-state index is 11.3. The first-order valence-corrected chi connectivity index (χ1v) is 9.66. The van der Waals surface area contributed by atoms with Crippen LogP contribution in [0, 0.1) is 0 Å². The zero-order chi connectivity index (χ0) is 14.7. The molecular weight excluding hydrogens is 402 g/mol. The van der Waals surface area contributed by atoms with Gasteiger partial charge in [-0.15, -0.1) is 0 Å². The third-order valence-corrected chi connectivity index (χ3v) is 4.39. The summed E-state index contributed by atoms with van der Waals surface area (Å²) >= 11 is 6.74. The summed E-state index contributed by atoms with van der Waals surface area (Å²) in [4.78, 5) is 21.8. The molecule has 0 heterocycles. The monoisotopic (exact) mass is 422 g/mol. The maximum Gasteiger partial charge on any atom is 0.317 e. The van der Waals surface area contributed by atoms with Crippen molar-refractivity contribution in [3.05, 3.63) is 0 Å². The van der Waals surface area contributed by atoms with E-state index in [1.54, 1.807) is 22.6 Å². The van der Waals surface area contributed by atoms with Crippen molar-refractivity contribution >= 4 is 50.8 Å². The van der Waals surface area contributed by atoms with E-state index >= 15 is 0 Å². The molecule has 0 saturated heterocycles. The van der Waals surface area contributed by atoms with Crippen LogP contribution in [0.25, 0.3) is 0 Å². The Morgan fingerprint density at radius 3 is 2.42 bits per heavy atom. The third-order valence-electron chi connectivity index (χ3n) is 1.92. The van der Waals surface area contributed by atoms with E-state index in [0.29, 0.717) is 0 Å². The van der Waals surface area contributed by atoms with Crippen LogP contribution in [0.1, 0.15) is 19.8 Å². The Kier molecular flexibility index (Phi) is 10.7. The molecular formula is C8H20IN6O2PS. The number of carbonyl (C=O) groups excluding carboxylic acids is 2. The molecule has 8 nitrogen and oxygen atoms in total. The second kappa shape index (κ2) is 10.7. The number of urea groups is 1. The Hall–Kier alpha value is 0. The first kappa shape index (κ1) is 19.0. The van der Waals surface area contributed by atoms with Crippen LogP contribution in [0.5, 0.6) is 0 Å². The molecule has 0 aromatic rings. The van der Waals surface area contributed by atoms with Gasteiger partial charge in [-0.2, -0.15) is 0 Å². The Balaban J connectivity index is 3.67. The van der Waals surface area contributed by atoms with Gasteiger partial charge in [0.25, 0.3) is 3.91 Å². The standard InChI is InChI=1S/C8H20IN6O2PS/c1-2-3-4-14-18(10,19)15-6-13-8(17)12-5-11-7(9)16/h2-6H2,1H3,(H,11,16)(H2,12,13,17)(H4,10,14,15,19). The van der Waals surface area contributed by atoms with Gasteiger partial charge in [-0.1, -0.05) is 13.3 Å². The van der Waals surface area contributed by atoms with Gasteiger partial charge >= 0.3 is 6.03 Å². The van der Waals surface area contributed by atoms with Crippen molar-refractivity contribution in [3.63, 3.8) is 0 Å². The highest BCUT2D eigenvalue weighted by Gasteiger charge is 2.08. The number of rotatable bonds is 9. The van der Waals surface area contributed by atoms with Crippen LogP contribution in [-0.4, -0.2) is 29.8 Å². The minimum atomic E-state index is -2.30. The summed E-state index contributed by atoms with van der Waals surface area (Å²) in [6.07, 6.45) is 2.06. The highest BCUT2D eigenvalue weighted by Crippen LogP contribution is 2.23. The minimum Gasteiger partial charge on any atom is -0.330 e. The van der Waals surface area contributed by atoms with Crippen LogP contribution in [-0.2, 0) is 11.8 Å². The van der Waals surface area contributed by atoms with Gasteiger partial charge in [0, 0.05) is 29.1 Å². The predicted octanol–water partition coefficient (Wildman–Crippen LogP) is 0.508. The first-order valence-electron chi connectivity index (χ1n) is 5.71. The lowest BCUT2D eigenvalue weighted by Crippen LogP contribution is -2.45. The van der Waals surface area contributed by atoms with E-state index in [9.17, 15) is 9.59 Å². The van der Waals surface area contributed by atoms with Crippen LogP contribution < -0.4 is 31.6 Å². The van der Waals surface area contributed by atoms with Crippen molar-refractivity contribution in [2.45, 2.75) is 19.8 Å². The van der Waals surface area contributed by atoms with E-state index < -0.39 is 12.5 Å². The largest absolute Gasteiger partial charge is 0.330 e. The smallest absolute Gasteiger partial charge is 0.317 e. The average Bonchev–Trinajstić information content (AvgIpc) is 2.28. The topological polar surface area (TPSA) is 120 Å². The van der Waals surface area contributed by atoms with Crippen molar-refractivity contribution in [2.24, 2.45) is 5.50 Å². The van der Waals surface area contributed by atoms with Crippen molar-refractivity contribution < 1.29 is 9.59 Å². The SMILES string of the molecule is CCCCNP(N)(=S)NCNC(=O)NCNC(=O)I. The molecule has 3 amide bonds. The fourth-order valence-electron chi connectivity index (χ4n) is 0.972. The number of amides is 3. The van der Waals surface area contributed by atoms with Crippen molar-refractivity contribution in [3.8, 4) is 0 Å². The van der Waals surface area contributed by atoms with Gasteiger partial charge in [0.1, 0.15) is 6.49 Å². The number of nitrogens with one attached hydrogen (secondary N) is 5. The Morgan fingerprint density at radius 1 is 1.21 bits per heavy atom. The molecule has 0 aliphatic heterocycles. The predicted molar refractivity (Wildman–Crippen MR) is 88.5 cm³/mol. The zero-order valence-electron chi connectivity index (χ0n) is 10.7. The molecule has 0 bridgehead atoms. The lowest BCUT2D eigenvalue weighted by molar-refractivity contribution is 0.239. The average molecular weight is 422 g/mol. The van der Waals surface area contributed by atoms with Crippen LogP contribution in [0.2, 0.25) is 0 Å². The number of hydrogen-bond donors (Lipinski definition) is 6. The number of carbonyl (C=O) groups is 2. The van der Waals surface area contributed by atoms with E-state index in [2.05, 4.69) is 33.0 Å². The van der Waals surface area contributed by atoms with Gasteiger partial charge in [0.05, 0.1) is 13.3 Å². The molecule has 0 aliphatic carbocycles. The molecule has 1 atom stereocenters. The number of unbranched alkanes of at least 4 members (excludes halogenated alkanes) is 1. The quantitative estimate of drug-likeness (QED) is 0.0805. The maximum atomic E-state index is 11.3. The Bertz CT molecular complexity index is 345. The van der Waals surface area contributed by atoms with Crippen LogP contribution in [0.4, 0.5) is 9.59 Å². The van der Waals surface area contributed by atoms with E-state index in [1.807, 2.05) is 0 Å². The Morgan fingerprint density at radius 2 is 1.84 bits per heavy atom. The van der Waals surface area contributed by atoms with Gasteiger partial charge in [-0.05, 0) is 18.2 Å². The fourth-order valence-corrected chi connectivity index (χ4v) is 2.55. The molecule has 0 saturated carbocycles. The molecule has 7 N–H and O–H groups in total. The molecule has 0 aromatic heterocycles. The van der Waals surface area contributed by atoms with Gasteiger partial charge in [0.2, 0.25) is 0 Å². The second-order valence-electron chi connectivity index (χ2n) is 3.56. The zero-order valence-corrected chi connectivity index (χ0v) is 14.5. The molecule has 0 radical (unpaired) electrons. The summed E-state index contributed by atoms with van der Waals surface area (Å²) in [5, 5.41) is 13.3. The van der Waals surface area contributed by atoms with Gasteiger partial charge < -0.3 is 16.0 Å². The number of nitrogens with two attached hydrogens (primary N) is 1. The van der Waals surface area contributed by atoms with E-state index in [1.165, 1.54) is 0 Å². The van der Waals surface area contributed by atoms with Crippen molar-refractivity contribution in [1.29, 1.82) is 0 Å². The van der Waals surface area contributed by atoms with Crippen LogP contribution in [0.3, 0.4) is 0 Å². The first-order chi connectivity index (χ1) is 8.87. The summed E-state index contributed by atoms with van der Waals surface area (Å²) in [6, 6.07) is -0.416. The normalized spacial score (nSPS) is 13.4. The lowest BCUT2D eigenvalue weighted by atomic mass is 10.3. The molecule has 112 valence electrons. The molecule has 0 aromatic carbocycles. The summed E-state index contributed by atoms with van der Waals surface area (Å²) < 4.78 is -0.242. The fraction of sp³-hybridized carbons (Fsp3) is 0.750. The minimum absolute atomic E-state index is 0.0686. The van der Waals surface area contributed by atoms with Gasteiger partial charge in [-0.3, -0.25) is 15.4 Å². The molecule has 19 heavy (non-hydrogen) atoms. The highest BCUT2D eigenvalue weighted by atomic mass is 127. The van der Waals surface area contributed by atoms with Crippen molar-refractivity contribution in [2.75, 3.05) is 19.9 Å². The molecule has 0 rings (SSSR count). The van der Waals surface area contributed by atoms with Gasteiger partial charge in [-0.25, -0.2) is 9.88 Å².